The van der Waals surface area contributed by atoms with Gasteiger partial charge in [-0.25, -0.2) is 32.9 Å². The number of allylic oxidation sites excluding steroid dienone is 1. The second-order valence-electron chi connectivity index (χ2n) is 7.46. The maximum atomic E-state index is 13.4. The van der Waals surface area contributed by atoms with Crippen molar-refractivity contribution in [3.05, 3.63) is 63.8 Å². The molecular formula is C21H21N9O5S. The van der Waals surface area contributed by atoms with Gasteiger partial charge in [0, 0.05) is 31.8 Å². The molecule has 4 heterocycles. The van der Waals surface area contributed by atoms with E-state index in [1.807, 2.05) is 6.92 Å². The topological polar surface area (TPSA) is 179 Å². The molecule has 0 aliphatic carbocycles. The van der Waals surface area contributed by atoms with Crippen LogP contribution in [-0.4, -0.2) is 68.8 Å². The monoisotopic (exact) mass is 511 g/mol. The van der Waals surface area contributed by atoms with Crippen molar-refractivity contribution in [1.82, 2.24) is 34.7 Å². The Morgan fingerprint density at radius 1 is 1.17 bits per heavy atom. The molecule has 15 heteroatoms. The minimum Gasteiger partial charge on any atom is -0.479 e. The first-order valence-corrected chi connectivity index (χ1v) is 12.0. The van der Waals surface area contributed by atoms with Gasteiger partial charge in [-0.3, -0.25) is 9.52 Å². The summed E-state index contributed by atoms with van der Waals surface area (Å²) in [7, 11) is -1.54. The molecule has 186 valence electrons. The number of aromatic amines is 1. The Hall–Kier alpha value is -4.42. The second kappa shape index (κ2) is 10.1. The highest BCUT2D eigenvalue weighted by Crippen LogP contribution is 2.28. The smallest absolute Gasteiger partial charge is 0.279 e. The standard InChI is InChI=1S/C21H21N9O5S/c1-12-9-23-17(24-10-12)16(34-3)13(2)36(32,33)29-21-28-27-18(14-7-5-6-8-22-14)30(21)15-19(31)25-11-26-20(15)35-4/h6,8-11,13,16H,1-4H3,(H,28,29)(H,25,26,31)/t13-,16-/m0/s1. The molecule has 0 saturated heterocycles. The quantitative estimate of drug-likeness (QED) is 0.389. The SMILES string of the molecule is COc1nc[nH]c(=O)c1-n1c(NS(=O)(=O)[C@@H](C)[C@H](OC)c2ncc(C)cn2)nnc1C1=C=C=CC=N1. The fourth-order valence-electron chi connectivity index (χ4n) is 3.28. The Kier molecular flexibility index (Phi) is 6.90. The van der Waals surface area contributed by atoms with Crippen LogP contribution in [0.3, 0.4) is 0 Å². The molecule has 3 aromatic rings. The summed E-state index contributed by atoms with van der Waals surface area (Å²) in [6.07, 6.45) is 6.22. The van der Waals surface area contributed by atoms with E-state index >= 15 is 0 Å². The van der Waals surface area contributed by atoms with Gasteiger partial charge >= 0.3 is 0 Å². The molecule has 4 rings (SSSR count). The lowest BCUT2D eigenvalue weighted by Crippen LogP contribution is -2.34. The van der Waals surface area contributed by atoms with Crippen molar-refractivity contribution in [3.63, 3.8) is 0 Å². The number of nitrogens with zero attached hydrogens (tertiary/aromatic N) is 7. The van der Waals surface area contributed by atoms with E-state index in [-0.39, 0.29) is 34.9 Å². The first-order valence-electron chi connectivity index (χ1n) is 10.4. The fraction of sp³-hybridized carbons (Fsp3) is 0.286. The molecule has 0 bridgehead atoms. The number of hydrogen-bond acceptors (Lipinski definition) is 11. The van der Waals surface area contributed by atoms with Gasteiger partial charge in [-0.2, -0.15) is 0 Å². The van der Waals surface area contributed by atoms with Crippen molar-refractivity contribution in [2.45, 2.75) is 25.2 Å². The highest BCUT2D eigenvalue weighted by atomic mass is 32.2. The van der Waals surface area contributed by atoms with Gasteiger partial charge in [0.1, 0.15) is 11.4 Å². The lowest BCUT2D eigenvalue weighted by atomic mass is 10.2. The number of H-pyrrole nitrogens is 1. The number of rotatable bonds is 9. The molecule has 2 N–H and O–H groups in total. The minimum absolute atomic E-state index is 0.000775. The van der Waals surface area contributed by atoms with E-state index in [2.05, 4.69) is 51.3 Å². The number of nitrogens with one attached hydrogen (secondary N) is 2. The van der Waals surface area contributed by atoms with Crippen LogP contribution in [0.25, 0.3) is 11.4 Å². The zero-order chi connectivity index (χ0) is 25.9. The van der Waals surface area contributed by atoms with Gasteiger partial charge in [0.15, 0.2) is 23.0 Å². The molecule has 1 aliphatic heterocycles. The predicted molar refractivity (Wildman–Crippen MR) is 128 cm³/mol. The average molecular weight is 512 g/mol. The van der Waals surface area contributed by atoms with E-state index in [0.717, 1.165) is 16.5 Å². The van der Waals surface area contributed by atoms with Crippen LogP contribution in [0.2, 0.25) is 0 Å². The number of ether oxygens (including phenoxy) is 2. The Morgan fingerprint density at radius 2 is 1.92 bits per heavy atom. The van der Waals surface area contributed by atoms with E-state index in [1.165, 1.54) is 33.4 Å². The molecule has 2 atom stereocenters. The first kappa shape index (κ1) is 24.7. The zero-order valence-electron chi connectivity index (χ0n) is 19.6. The fourth-order valence-corrected chi connectivity index (χ4v) is 4.41. The average Bonchev–Trinajstić information content (AvgIpc) is 3.28. The molecule has 0 amide bonds. The number of aromatic nitrogens is 7. The zero-order valence-corrected chi connectivity index (χ0v) is 20.4. The van der Waals surface area contributed by atoms with E-state index in [9.17, 15) is 13.2 Å². The summed E-state index contributed by atoms with van der Waals surface area (Å²) in [5, 5.41) is 6.82. The molecule has 0 aromatic carbocycles. The number of hydrogen-bond donors (Lipinski definition) is 2. The third-order valence-electron chi connectivity index (χ3n) is 5.10. The Labute approximate surface area is 205 Å². The van der Waals surface area contributed by atoms with Crippen LogP contribution < -0.4 is 15.0 Å². The second-order valence-corrected chi connectivity index (χ2v) is 9.50. The lowest BCUT2D eigenvalue weighted by molar-refractivity contribution is 0.0949. The molecule has 0 fully saturated rings. The van der Waals surface area contributed by atoms with Gasteiger partial charge in [0.2, 0.25) is 21.9 Å². The van der Waals surface area contributed by atoms with Crippen molar-refractivity contribution in [3.8, 4) is 11.6 Å². The molecule has 1 aliphatic rings. The Morgan fingerprint density at radius 3 is 2.56 bits per heavy atom. The number of methoxy groups -OCH3 is 2. The van der Waals surface area contributed by atoms with Gasteiger partial charge in [0.05, 0.1) is 13.4 Å². The normalized spacial score (nSPS) is 14.4. The van der Waals surface area contributed by atoms with E-state index in [4.69, 9.17) is 9.47 Å². The molecule has 0 unspecified atom stereocenters. The summed E-state index contributed by atoms with van der Waals surface area (Å²) >= 11 is 0. The Balaban J connectivity index is 1.82. The van der Waals surface area contributed by atoms with Crippen molar-refractivity contribution >= 4 is 27.9 Å². The van der Waals surface area contributed by atoms with Gasteiger partial charge in [-0.05, 0) is 25.1 Å². The van der Waals surface area contributed by atoms with E-state index in [0.29, 0.717) is 0 Å². The van der Waals surface area contributed by atoms with E-state index in [1.54, 1.807) is 12.4 Å². The largest absolute Gasteiger partial charge is 0.479 e. The third kappa shape index (κ3) is 4.72. The van der Waals surface area contributed by atoms with Crippen molar-refractivity contribution in [2.24, 2.45) is 4.99 Å². The van der Waals surface area contributed by atoms with Gasteiger partial charge < -0.3 is 14.5 Å². The molecule has 14 nitrogen and oxygen atoms in total. The minimum atomic E-state index is -4.20. The summed E-state index contributed by atoms with van der Waals surface area (Å²) in [6.45, 7) is 3.24. The van der Waals surface area contributed by atoms with Crippen LogP contribution in [0, 0.1) is 6.92 Å². The summed E-state index contributed by atoms with van der Waals surface area (Å²) in [5.41, 5.74) is 5.63. The number of sulfonamides is 1. The first-order chi connectivity index (χ1) is 17.3. The van der Waals surface area contributed by atoms with Crippen LogP contribution in [0.1, 0.15) is 30.2 Å². The van der Waals surface area contributed by atoms with Crippen LogP contribution in [-0.2, 0) is 14.8 Å². The highest BCUT2D eigenvalue weighted by molar-refractivity contribution is 7.93. The van der Waals surface area contributed by atoms with Gasteiger partial charge in [-0.1, -0.05) is 5.73 Å². The maximum Gasteiger partial charge on any atom is 0.279 e. The van der Waals surface area contributed by atoms with Gasteiger partial charge in [-0.15, -0.1) is 10.2 Å². The lowest BCUT2D eigenvalue weighted by Gasteiger charge is -2.22. The number of aryl methyl sites for hydroxylation is 1. The summed E-state index contributed by atoms with van der Waals surface area (Å²) in [6, 6.07) is 0. The third-order valence-corrected chi connectivity index (χ3v) is 6.79. The summed E-state index contributed by atoms with van der Waals surface area (Å²) in [5.74, 6) is -0.227. The predicted octanol–water partition coefficient (Wildman–Crippen LogP) is 0.711. The maximum absolute atomic E-state index is 13.4. The van der Waals surface area contributed by atoms with Crippen LogP contribution >= 0.6 is 0 Å². The molecule has 36 heavy (non-hydrogen) atoms. The van der Waals surface area contributed by atoms with Crippen molar-refractivity contribution in [2.75, 3.05) is 18.9 Å². The summed E-state index contributed by atoms with van der Waals surface area (Å²) < 4.78 is 41.0. The highest BCUT2D eigenvalue weighted by Gasteiger charge is 2.35. The molecular weight excluding hydrogens is 490 g/mol. The Bertz CT molecular complexity index is 1580. The van der Waals surface area contributed by atoms with Crippen molar-refractivity contribution < 1.29 is 17.9 Å². The van der Waals surface area contributed by atoms with Crippen LogP contribution in [0.4, 0.5) is 5.95 Å². The summed E-state index contributed by atoms with van der Waals surface area (Å²) in [4.78, 5) is 31.8. The van der Waals surface area contributed by atoms with Gasteiger partial charge in [0.25, 0.3) is 5.56 Å². The van der Waals surface area contributed by atoms with Crippen LogP contribution in [0.15, 0.2) is 46.0 Å². The van der Waals surface area contributed by atoms with E-state index < -0.39 is 26.9 Å². The molecule has 0 spiro atoms. The number of aliphatic imine (C=N–C) groups is 1. The van der Waals surface area contributed by atoms with Crippen molar-refractivity contribution in [1.29, 1.82) is 0 Å². The number of anilines is 1. The molecule has 0 saturated carbocycles. The molecule has 3 aromatic heterocycles. The molecule has 0 radical (unpaired) electrons. The van der Waals surface area contributed by atoms with Crippen LogP contribution in [0.5, 0.6) is 5.88 Å².